The van der Waals surface area contributed by atoms with Crippen LogP contribution in [0.3, 0.4) is 0 Å². The van der Waals surface area contributed by atoms with Crippen LogP contribution in [0.1, 0.15) is 59.4 Å². The minimum absolute atomic E-state index is 0.123. The highest BCUT2D eigenvalue weighted by atomic mass is 16.3. The molecule has 1 heterocycles. The highest BCUT2D eigenvalue weighted by Gasteiger charge is 2.17. The van der Waals surface area contributed by atoms with Gasteiger partial charge < -0.3 is 9.73 Å². The molecular weight excluding hydrogens is 434 g/mol. The predicted molar refractivity (Wildman–Crippen MR) is 139 cm³/mol. The van der Waals surface area contributed by atoms with Crippen LogP contribution in [0.25, 0.3) is 0 Å². The molecule has 5 nitrogen and oxygen atoms in total. The fraction of sp³-hybridized carbons (Fsp3) is 0.267. The van der Waals surface area contributed by atoms with E-state index in [1.165, 1.54) is 23.0 Å². The Labute approximate surface area is 207 Å². The first-order valence-corrected chi connectivity index (χ1v) is 12.0. The highest BCUT2D eigenvalue weighted by Crippen LogP contribution is 2.23. The SMILES string of the molecule is CC(C)(C)c1ccc(CN(Cc2ccccc2)Cc2nc(C(=O)NCc3ccccc3)co2)cc1. The molecule has 1 amide bonds. The number of oxazole rings is 1. The molecule has 0 bridgehead atoms. The summed E-state index contributed by atoms with van der Waals surface area (Å²) in [5.74, 6) is 0.285. The fourth-order valence-electron chi connectivity index (χ4n) is 3.93. The van der Waals surface area contributed by atoms with Gasteiger partial charge in [-0.3, -0.25) is 9.69 Å². The van der Waals surface area contributed by atoms with Gasteiger partial charge in [-0.1, -0.05) is 106 Å². The first-order chi connectivity index (χ1) is 16.9. The topological polar surface area (TPSA) is 58.4 Å². The quantitative estimate of drug-likeness (QED) is 0.323. The predicted octanol–water partition coefficient (Wildman–Crippen LogP) is 6.10. The monoisotopic (exact) mass is 467 g/mol. The lowest BCUT2D eigenvalue weighted by Crippen LogP contribution is -2.24. The van der Waals surface area contributed by atoms with Gasteiger partial charge in [-0.15, -0.1) is 0 Å². The van der Waals surface area contributed by atoms with Crippen molar-refractivity contribution >= 4 is 5.91 Å². The minimum atomic E-state index is -0.240. The van der Waals surface area contributed by atoms with Crippen molar-refractivity contribution in [1.29, 1.82) is 0 Å². The first-order valence-electron chi connectivity index (χ1n) is 12.0. The molecule has 0 atom stereocenters. The fourth-order valence-corrected chi connectivity index (χ4v) is 3.93. The smallest absolute Gasteiger partial charge is 0.273 e. The lowest BCUT2D eigenvalue weighted by molar-refractivity contribution is 0.0945. The van der Waals surface area contributed by atoms with Crippen LogP contribution < -0.4 is 5.32 Å². The summed E-state index contributed by atoms with van der Waals surface area (Å²) in [6.45, 7) is 9.12. The van der Waals surface area contributed by atoms with Gasteiger partial charge in [-0.05, 0) is 27.7 Å². The number of amides is 1. The minimum Gasteiger partial charge on any atom is -0.447 e. The van der Waals surface area contributed by atoms with Crippen molar-refractivity contribution in [3.05, 3.63) is 125 Å². The molecule has 4 aromatic rings. The van der Waals surface area contributed by atoms with E-state index in [9.17, 15) is 4.79 Å². The average Bonchev–Trinajstić information content (AvgIpc) is 3.32. The molecule has 0 saturated heterocycles. The Morgan fingerprint density at radius 1 is 0.800 bits per heavy atom. The molecule has 0 fully saturated rings. The van der Waals surface area contributed by atoms with Crippen LogP contribution in [0.5, 0.6) is 0 Å². The van der Waals surface area contributed by atoms with E-state index in [0.717, 1.165) is 18.7 Å². The summed E-state index contributed by atoms with van der Waals surface area (Å²) in [5, 5.41) is 2.90. The van der Waals surface area contributed by atoms with Gasteiger partial charge in [0.1, 0.15) is 6.26 Å². The molecule has 3 aromatic carbocycles. The lowest BCUT2D eigenvalue weighted by atomic mass is 9.87. The summed E-state index contributed by atoms with van der Waals surface area (Å²) >= 11 is 0. The maximum Gasteiger partial charge on any atom is 0.273 e. The Hall–Kier alpha value is -3.70. The van der Waals surface area contributed by atoms with Gasteiger partial charge >= 0.3 is 0 Å². The van der Waals surface area contributed by atoms with Gasteiger partial charge in [0.2, 0.25) is 5.89 Å². The zero-order valence-corrected chi connectivity index (χ0v) is 20.7. The van der Waals surface area contributed by atoms with Crippen molar-refractivity contribution in [3.8, 4) is 0 Å². The van der Waals surface area contributed by atoms with Crippen molar-refractivity contribution in [3.63, 3.8) is 0 Å². The van der Waals surface area contributed by atoms with E-state index in [1.54, 1.807) is 0 Å². The number of aromatic nitrogens is 1. The van der Waals surface area contributed by atoms with Crippen molar-refractivity contribution in [2.45, 2.75) is 52.4 Å². The van der Waals surface area contributed by atoms with Crippen LogP contribution in [0, 0.1) is 0 Å². The number of benzene rings is 3. The third kappa shape index (κ3) is 7.14. The Kier molecular flexibility index (Phi) is 7.78. The molecule has 1 aromatic heterocycles. The Bertz CT molecular complexity index is 1210. The van der Waals surface area contributed by atoms with Crippen LogP contribution in [0.15, 0.2) is 95.6 Å². The summed E-state index contributed by atoms with van der Waals surface area (Å²) in [6.07, 6.45) is 1.44. The van der Waals surface area contributed by atoms with Crippen LogP contribution in [-0.4, -0.2) is 15.8 Å². The van der Waals surface area contributed by atoms with Gasteiger partial charge in [0.25, 0.3) is 5.91 Å². The first kappa shape index (κ1) is 24.4. The van der Waals surface area contributed by atoms with Gasteiger partial charge in [-0.2, -0.15) is 0 Å². The molecule has 35 heavy (non-hydrogen) atoms. The second kappa shape index (κ2) is 11.2. The van der Waals surface area contributed by atoms with Crippen molar-refractivity contribution < 1.29 is 9.21 Å². The third-order valence-corrected chi connectivity index (χ3v) is 5.91. The summed E-state index contributed by atoms with van der Waals surface area (Å²) in [4.78, 5) is 19.3. The number of rotatable bonds is 9. The number of hydrogen-bond donors (Lipinski definition) is 1. The molecule has 180 valence electrons. The molecule has 0 saturated carbocycles. The zero-order valence-electron chi connectivity index (χ0n) is 20.7. The van der Waals surface area contributed by atoms with Gasteiger partial charge in [0, 0.05) is 19.6 Å². The molecular formula is C30H33N3O2. The van der Waals surface area contributed by atoms with Crippen LogP contribution in [-0.2, 0) is 31.6 Å². The van der Waals surface area contributed by atoms with E-state index in [0.29, 0.717) is 24.7 Å². The maximum atomic E-state index is 12.6. The molecule has 0 spiro atoms. The summed E-state index contributed by atoms with van der Waals surface area (Å²) in [6, 6.07) is 29.0. The van der Waals surface area contributed by atoms with Crippen LogP contribution in [0.2, 0.25) is 0 Å². The Morgan fingerprint density at radius 3 is 1.97 bits per heavy atom. The summed E-state index contributed by atoms with van der Waals surface area (Å²) < 4.78 is 5.69. The van der Waals surface area contributed by atoms with E-state index in [-0.39, 0.29) is 11.3 Å². The normalized spacial score (nSPS) is 11.5. The van der Waals surface area contributed by atoms with E-state index >= 15 is 0 Å². The summed E-state index contributed by atoms with van der Waals surface area (Å²) in [5.41, 5.74) is 5.21. The molecule has 5 heteroatoms. The van der Waals surface area contributed by atoms with E-state index in [1.807, 2.05) is 48.5 Å². The lowest BCUT2D eigenvalue weighted by Gasteiger charge is -2.23. The third-order valence-electron chi connectivity index (χ3n) is 5.91. The van der Waals surface area contributed by atoms with Crippen LogP contribution in [0.4, 0.5) is 0 Å². The van der Waals surface area contributed by atoms with Crippen LogP contribution >= 0.6 is 0 Å². The molecule has 4 rings (SSSR count). The van der Waals surface area contributed by atoms with E-state index in [4.69, 9.17) is 4.42 Å². The molecule has 0 unspecified atom stereocenters. The molecule has 0 aliphatic carbocycles. The average molecular weight is 468 g/mol. The van der Waals surface area contributed by atoms with Crippen molar-refractivity contribution in [2.75, 3.05) is 0 Å². The van der Waals surface area contributed by atoms with E-state index < -0.39 is 0 Å². The number of carbonyl (C=O) groups is 1. The van der Waals surface area contributed by atoms with Crippen molar-refractivity contribution in [2.24, 2.45) is 0 Å². The van der Waals surface area contributed by atoms with Gasteiger partial charge in [-0.25, -0.2) is 4.98 Å². The van der Waals surface area contributed by atoms with Gasteiger partial charge in [0.05, 0.1) is 6.54 Å². The second-order valence-electron chi connectivity index (χ2n) is 9.87. The number of nitrogens with one attached hydrogen (secondary N) is 1. The molecule has 0 aliphatic heterocycles. The number of hydrogen-bond acceptors (Lipinski definition) is 4. The molecule has 0 radical (unpaired) electrons. The Morgan fingerprint density at radius 2 is 1.37 bits per heavy atom. The maximum absolute atomic E-state index is 12.6. The van der Waals surface area contributed by atoms with E-state index in [2.05, 4.69) is 72.4 Å². The highest BCUT2D eigenvalue weighted by molar-refractivity contribution is 5.91. The molecule has 1 N–H and O–H groups in total. The molecule has 0 aliphatic rings. The standard InChI is InChI=1S/C30H33N3O2/c1-30(2,3)26-16-14-25(15-17-26)20-33(19-24-12-8-5-9-13-24)21-28-32-27(22-35-28)29(34)31-18-23-10-6-4-7-11-23/h4-17,22H,18-21H2,1-3H3,(H,31,34). The summed E-state index contributed by atoms with van der Waals surface area (Å²) in [7, 11) is 0. The second-order valence-corrected chi connectivity index (χ2v) is 9.87. The van der Waals surface area contributed by atoms with Crippen molar-refractivity contribution in [1.82, 2.24) is 15.2 Å². The number of carbonyl (C=O) groups excluding carboxylic acids is 1. The zero-order chi connectivity index (χ0) is 24.7. The largest absolute Gasteiger partial charge is 0.447 e. The Balaban J connectivity index is 1.44. The number of nitrogens with zero attached hydrogens (tertiary/aromatic N) is 2. The van der Waals surface area contributed by atoms with Gasteiger partial charge in [0.15, 0.2) is 5.69 Å².